The number of rotatable bonds is 6. The van der Waals surface area contributed by atoms with E-state index in [4.69, 9.17) is 4.74 Å². The molecule has 0 N–H and O–H groups in total. The third-order valence-corrected chi connectivity index (χ3v) is 6.61. The number of benzene rings is 2. The van der Waals surface area contributed by atoms with Crippen LogP contribution in [0.25, 0.3) is 0 Å². The molecule has 0 aliphatic carbocycles. The van der Waals surface area contributed by atoms with Crippen LogP contribution in [0.4, 0.5) is 0 Å². The predicted molar refractivity (Wildman–Crippen MR) is 85.4 cm³/mol. The summed E-state index contributed by atoms with van der Waals surface area (Å²) in [5, 5.41) is 1.35. The van der Waals surface area contributed by atoms with E-state index in [9.17, 15) is 8.42 Å². The Hall–Kier alpha value is -1.39. The molecule has 21 heavy (non-hydrogen) atoms. The number of methoxy groups -OCH3 is 1. The number of sulfone groups is 1. The summed E-state index contributed by atoms with van der Waals surface area (Å²) in [5.74, 6) is 0. The van der Waals surface area contributed by atoms with Crippen LogP contribution in [-0.4, -0.2) is 37.1 Å². The minimum absolute atomic E-state index is 0.0703. The van der Waals surface area contributed by atoms with Gasteiger partial charge in [-0.25, -0.2) is 0 Å². The molecular weight excluding hydrogens is 351 g/mol. The predicted octanol–water partition coefficient (Wildman–Crippen LogP) is 1.98. The molecule has 0 atom stereocenters. The molecular formula is C16H16O3SSe. The van der Waals surface area contributed by atoms with Gasteiger partial charge in [0.1, 0.15) is 0 Å². The van der Waals surface area contributed by atoms with Crippen LogP contribution >= 0.6 is 0 Å². The zero-order valence-electron chi connectivity index (χ0n) is 11.6. The molecule has 2 aromatic carbocycles. The molecule has 0 radical (unpaired) electrons. The Balaban J connectivity index is 2.29. The third-order valence-electron chi connectivity index (χ3n) is 2.64. The van der Waals surface area contributed by atoms with Crippen molar-refractivity contribution in [1.29, 1.82) is 0 Å². The van der Waals surface area contributed by atoms with Gasteiger partial charge in [-0.1, -0.05) is 0 Å². The van der Waals surface area contributed by atoms with E-state index >= 15 is 0 Å². The van der Waals surface area contributed by atoms with Gasteiger partial charge in [-0.3, -0.25) is 0 Å². The van der Waals surface area contributed by atoms with Gasteiger partial charge in [0.15, 0.2) is 0 Å². The van der Waals surface area contributed by atoms with Crippen molar-refractivity contribution in [2.24, 2.45) is 0 Å². The molecule has 0 saturated carbocycles. The fourth-order valence-corrected chi connectivity index (χ4v) is 5.58. The molecule has 0 amide bonds. The molecule has 0 aliphatic rings. The SMILES string of the molecule is COC/C(=C\S(=O)(=O)c1ccccc1)[Se]c1ccccc1. The fourth-order valence-electron chi connectivity index (χ4n) is 1.72. The van der Waals surface area contributed by atoms with Gasteiger partial charge in [-0.15, -0.1) is 0 Å². The Morgan fingerprint density at radius 3 is 2.19 bits per heavy atom. The molecule has 110 valence electrons. The molecule has 3 nitrogen and oxygen atoms in total. The summed E-state index contributed by atoms with van der Waals surface area (Å²) in [7, 11) is -1.85. The van der Waals surface area contributed by atoms with Crippen molar-refractivity contribution >= 4 is 29.3 Å². The van der Waals surface area contributed by atoms with Crippen LogP contribution in [-0.2, 0) is 14.6 Å². The van der Waals surface area contributed by atoms with E-state index in [-0.39, 0.29) is 15.0 Å². The van der Waals surface area contributed by atoms with Crippen molar-refractivity contribution in [3.63, 3.8) is 0 Å². The Bertz CT molecular complexity index is 695. The third kappa shape index (κ3) is 4.83. The van der Waals surface area contributed by atoms with Crippen LogP contribution in [0.15, 0.2) is 75.4 Å². The second-order valence-corrected chi connectivity index (χ2v) is 8.60. The van der Waals surface area contributed by atoms with Gasteiger partial charge in [0, 0.05) is 0 Å². The van der Waals surface area contributed by atoms with Crippen molar-refractivity contribution in [3.05, 3.63) is 70.5 Å². The Labute approximate surface area is 131 Å². The maximum absolute atomic E-state index is 12.4. The summed E-state index contributed by atoms with van der Waals surface area (Å²) in [6.07, 6.45) is 0. The van der Waals surface area contributed by atoms with Crippen molar-refractivity contribution < 1.29 is 13.2 Å². The van der Waals surface area contributed by atoms with Gasteiger partial charge in [0.2, 0.25) is 0 Å². The first-order valence-electron chi connectivity index (χ1n) is 6.34. The molecule has 0 bridgehead atoms. The summed E-state index contributed by atoms with van der Waals surface area (Å²) in [5.41, 5.74) is 0. The summed E-state index contributed by atoms with van der Waals surface area (Å²) < 4.78 is 31.8. The van der Waals surface area contributed by atoms with E-state index in [0.717, 1.165) is 8.93 Å². The number of ether oxygens (including phenoxy) is 1. The molecule has 0 spiro atoms. The second kappa shape index (κ2) is 7.57. The van der Waals surface area contributed by atoms with E-state index in [0.29, 0.717) is 11.5 Å². The Morgan fingerprint density at radius 1 is 1.05 bits per heavy atom. The Kier molecular flexibility index (Phi) is 5.76. The Morgan fingerprint density at radius 2 is 1.62 bits per heavy atom. The minimum atomic E-state index is -3.43. The number of hydrogen-bond donors (Lipinski definition) is 0. The van der Waals surface area contributed by atoms with Crippen molar-refractivity contribution in [1.82, 2.24) is 0 Å². The summed E-state index contributed by atoms with van der Waals surface area (Å²) in [6, 6.07) is 18.3. The van der Waals surface area contributed by atoms with Crippen LogP contribution in [0.3, 0.4) is 0 Å². The summed E-state index contributed by atoms with van der Waals surface area (Å²) in [6.45, 7) is 0.320. The first-order valence-corrected chi connectivity index (χ1v) is 9.60. The van der Waals surface area contributed by atoms with Crippen LogP contribution in [0.1, 0.15) is 0 Å². The number of hydrogen-bond acceptors (Lipinski definition) is 3. The van der Waals surface area contributed by atoms with Gasteiger partial charge >= 0.3 is 132 Å². The second-order valence-electron chi connectivity index (χ2n) is 4.29. The molecule has 2 aromatic rings. The van der Waals surface area contributed by atoms with Crippen molar-refractivity contribution in [2.45, 2.75) is 4.90 Å². The molecule has 0 heterocycles. The standard InChI is InChI=1S/C16H16O3SSe/c1-19-12-16(21-15-10-6-3-7-11-15)13-20(17,18)14-8-4-2-5-9-14/h2-11,13H,12H2,1H3/b16-13+. The maximum atomic E-state index is 12.4. The fraction of sp³-hybridized carbons (Fsp3) is 0.125. The molecule has 5 heteroatoms. The van der Waals surface area contributed by atoms with Crippen LogP contribution in [0.5, 0.6) is 0 Å². The topological polar surface area (TPSA) is 43.4 Å². The summed E-state index contributed by atoms with van der Waals surface area (Å²) >= 11 is -0.0703. The molecule has 0 unspecified atom stereocenters. The van der Waals surface area contributed by atoms with Gasteiger partial charge in [0.25, 0.3) is 0 Å². The van der Waals surface area contributed by atoms with Gasteiger partial charge in [-0.2, -0.15) is 0 Å². The van der Waals surface area contributed by atoms with Crippen molar-refractivity contribution in [3.8, 4) is 0 Å². The van der Waals surface area contributed by atoms with Crippen LogP contribution in [0, 0.1) is 0 Å². The van der Waals surface area contributed by atoms with Gasteiger partial charge in [0.05, 0.1) is 0 Å². The monoisotopic (exact) mass is 368 g/mol. The van der Waals surface area contributed by atoms with Crippen LogP contribution < -0.4 is 4.46 Å². The van der Waals surface area contributed by atoms with Gasteiger partial charge < -0.3 is 0 Å². The van der Waals surface area contributed by atoms with E-state index in [1.165, 1.54) is 5.41 Å². The van der Waals surface area contributed by atoms with Gasteiger partial charge in [-0.05, 0) is 0 Å². The molecule has 0 aliphatic heterocycles. The zero-order chi connectivity index (χ0) is 15.1. The quantitative estimate of drug-likeness (QED) is 0.734. The average Bonchev–Trinajstić information content (AvgIpc) is 2.49. The zero-order valence-corrected chi connectivity index (χ0v) is 14.1. The average molecular weight is 367 g/mol. The molecule has 0 fully saturated rings. The normalized spacial score (nSPS) is 12.3. The van der Waals surface area contributed by atoms with Crippen LogP contribution in [0.2, 0.25) is 0 Å². The molecule has 2 rings (SSSR count). The molecule has 0 aromatic heterocycles. The van der Waals surface area contributed by atoms with E-state index in [1.54, 1.807) is 37.4 Å². The van der Waals surface area contributed by atoms with E-state index < -0.39 is 9.84 Å². The summed E-state index contributed by atoms with van der Waals surface area (Å²) in [4.78, 5) is 0.308. The molecule has 0 saturated heterocycles. The first kappa shape index (κ1) is 16.0. The van der Waals surface area contributed by atoms with E-state index in [1.807, 2.05) is 30.3 Å². The van der Waals surface area contributed by atoms with Crippen molar-refractivity contribution in [2.75, 3.05) is 13.7 Å². The van der Waals surface area contributed by atoms with E-state index in [2.05, 4.69) is 0 Å². The first-order chi connectivity index (χ1) is 10.1.